The molecule has 1 amide bonds. The third-order valence-corrected chi connectivity index (χ3v) is 3.24. The zero-order valence-electron chi connectivity index (χ0n) is 10.6. The second kappa shape index (κ2) is 5.40. The zero-order valence-corrected chi connectivity index (χ0v) is 12.2. The van der Waals surface area contributed by atoms with Crippen molar-refractivity contribution in [3.05, 3.63) is 51.8 Å². The Morgan fingerprint density at radius 1 is 1.16 bits per heavy atom. The van der Waals surface area contributed by atoms with Gasteiger partial charge in [0.05, 0.1) is 5.69 Å². The first-order valence-corrected chi connectivity index (χ1v) is 6.54. The van der Waals surface area contributed by atoms with Gasteiger partial charge in [-0.2, -0.15) is 0 Å². The molecule has 0 atom stereocenters. The van der Waals surface area contributed by atoms with Gasteiger partial charge >= 0.3 is 0 Å². The van der Waals surface area contributed by atoms with E-state index in [1.165, 1.54) is 6.92 Å². The van der Waals surface area contributed by atoms with Crippen LogP contribution in [-0.4, -0.2) is 16.7 Å². The lowest BCUT2D eigenvalue weighted by molar-refractivity contribution is 0.101. The Kier molecular flexibility index (Phi) is 3.85. The highest BCUT2D eigenvalue weighted by atomic mass is 79.9. The van der Waals surface area contributed by atoms with Gasteiger partial charge < -0.3 is 10.3 Å². The Balaban J connectivity index is 2.18. The van der Waals surface area contributed by atoms with Gasteiger partial charge in [-0.1, -0.05) is 15.9 Å². The minimum Gasteiger partial charge on any atom is -0.348 e. The quantitative estimate of drug-likeness (QED) is 0.850. The molecule has 1 aromatic carbocycles. The van der Waals surface area contributed by atoms with Crippen LogP contribution in [-0.2, 0) is 0 Å². The van der Waals surface area contributed by atoms with Crippen LogP contribution >= 0.6 is 15.9 Å². The summed E-state index contributed by atoms with van der Waals surface area (Å²) < 4.78 is 0.960. The molecular weight excluding hydrogens is 308 g/mol. The number of halogens is 1. The number of benzene rings is 1. The highest BCUT2D eigenvalue weighted by Crippen LogP contribution is 2.20. The number of anilines is 1. The van der Waals surface area contributed by atoms with E-state index in [2.05, 4.69) is 26.2 Å². The summed E-state index contributed by atoms with van der Waals surface area (Å²) in [4.78, 5) is 26.0. The van der Waals surface area contributed by atoms with Crippen molar-refractivity contribution in [3.8, 4) is 0 Å². The van der Waals surface area contributed by atoms with Crippen LogP contribution in [0.1, 0.15) is 33.5 Å². The van der Waals surface area contributed by atoms with Crippen molar-refractivity contribution in [2.75, 3.05) is 5.32 Å². The minimum atomic E-state index is -0.266. The fourth-order valence-corrected chi connectivity index (χ4v) is 2.17. The van der Waals surface area contributed by atoms with Gasteiger partial charge in [0, 0.05) is 17.1 Å². The molecule has 19 heavy (non-hydrogen) atoms. The van der Waals surface area contributed by atoms with Crippen molar-refractivity contribution < 1.29 is 9.59 Å². The first-order chi connectivity index (χ1) is 8.97. The molecule has 0 aliphatic carbocycles. The predicted octanol–water partition coefficient (Wildman–Crippen LogP) is 3.54. The van der Waals surface area contributed by atoms with Crippen LogP contribution in [0.3, 0.4) is 0 Å². The topological polar surface area (TPSA) is 62.0 Å². The van der Waals surface area contributed by atoms with Gasteiger partial charge in [-0.15, -0.1) is 0 Å². The number of ketones is 1. The fourth-order valence-electron chi connectivity index (χ4n) is 1.69. The van der Waals surface area contributed by atoms with Gasteiger partial charge in [-0.05, 0) is 42.8 Å². The molecule has 0 radical (unpaired) electrons. The number of amides is 1. The summed E-state index contributed by atoms with van der Waals surface area (Å²) in [6.07, 6.45) is 0. The zero-order chi connectivity index (χ0) is 14.0. The molecular formula is C14H13BrN2O2. The van der Waals surface area contributed by atoms with Gasteiger partial charge in [0.1, 0.15) is 5.69 Å². The van der Waals surface area contributed by atoms with E-state index < -0.39 is 0 Å². The van der Waals surface area contributed by atoms with Crippen LogP contribution in [0.25, 0.3) is 0 Å². The van der Waals surface area contributed by atoms with Crippen molar-refractivity contribution in [2.45, 2.75) is 13.8 Å². The van der Waals surface area contributed by atoms with Crippen LogP contribution in [0, 0.1) is 6.92 Å². The second-order valence-corrected chi connectivity index (χ2v) is 5.17. The average molecular weight is 321 g/mol. The Morgan fingerprint density at radius 2 is 1.84 bits per heavy atom. The summed E-state index contributed by atoms with van der Waals surface area (Å²) in [5.41, 5.74) is 2.50. The highest BCUT2D eigenvalue weighted by Gasteiger charge is 2.11. The number of carbonyl (C=O) groups is 2. The number of H-pyrrole nitrogens is 1. The molecule has 4 nitrogen and oxygen atoms in total. The van der Waals surface area contributed by atoms with Crippen LogP contribution in [0.4, 0.5) is 5.69 Å². The monoisotopic (exact) mass is 320 g/mol. The molecule has 0 fully saturated rings. The van der Waals surface area contributed by atoms with E-state index in [9.17, 15) is 9.59 Å². The van der Waals surface area contributed by atoms with E-state index in [4.69, 9.17) is 0 Å². The number of hydrogen-bond acceptors (Lipinski definition) is 2. The number of carbonyl (C=O) groups excluding carboxylic acids is 2. The van der Waals surface area contributed by atoms with Crippen LogP contribution in [0.2, 0.25) is 0 Å². The Morgan fingerprint density at radius 3 is 2.42 bits per heavy atom. The third-order valence-electron chi connectivity index (χ3n) is 2.75. The summed E-state index contributed by atoms with van der Waals surface area (Å²) in [7, 11) is 0. The number of aromatic nitrogens is 1. The molecule has 0 saturated carbocycles. The average Bonchev–Trinajstić information content (AvgIpc) is 2.82. The first-order valence-electron chi connectivity index (χ1n) is 5.75. The fraction of sp³-hybridized carbons (Fsp3) is 0.143. The maximum absolute atomic E-state index is 12.0. The maximum Gasteiger partial charge on any atom is 0.272 e. The second-order valence-electron chi connectivity index (χ2n) is 4.26. The molecule has 0 bridgehead atoms. The van der Waals surface area contributed by atoms with Gasteiger partial charge in [0.2, 0.25) is 0 Å². The van der Waals surface area contributed by atoms with Gasteiger partial charge in [0.25, 0.3) is 5.91 Å². The lowest BCUT2D eigenvalue weighted by atomic mass is 10.2. The van der Waals surface area contributed by atoms with Crippen LogP contribution in [0.5, 0.6) is 0 Å². The number of nitrogens with one attached hydrogen (secondary N) is 2. The summed E-state index contributed by atoms with van der Waals surface area (Å²) in [6, 6.07) is 8.81. The van der Waals surface area contributed by atoms with Gasteiger partial charge in [0.15, 0.2) is 5.78 Å². The normalized spacial score (nSPS) is 10.3. The van der Waals surface area contributed by atoms with Gasteiger partial charge in [-0.3, -0.25) is 9.59 Å². The van der Waals surface area contributed by atoms with E-state index in [0.717, 1.165) is 15.7 Å². The minimum absolute atomic E-state index is 0.0983. The summed E-state index contributed by atoms with van der Waals surface area (Å²) >= 11 is 3.37. The Labute approximate surface area is 119 Å². The number of hydrogen-bond donors (Lipinski definition) is 2. The molecule has 98 valence electrons. The molecule has 5 heteroatoms. The first kappa shape index (κ1) is 13.5. The SMILES string of the molecule is CC(=O)c1ccc(C(=O)Nc2ccc(Br)cc2C)[nH]1. The van der Waals surface area contributed by atoms with Crippen molar-refractivity contribution >= 4 is 33.3 Å². The number of aromatic amines is 1. The van der Waals surface area contributed by atoms with E-state index in [1.54, 1.807) is 12.1 Å². The molecule has 2 aromatic rings. The maximum atomic E-state index is 12.0. The molecule has 0 saturated heterocycles. The van der Waals surface area contributed by atoms with E-state index in [-0.39, 0.29) is 11.7 Å². The van der Waals surface area contributed by atoms with Crippen molar-refractivity contribution in [2.24, 2.45) is 0 Å². The molecule has 2 N–H and O–H groups in total. The lowest BCUT2D eigenvalue weighted by Gasteiger charge is -2.07. The van der Waals surface area contributed by atoms with E-state index in [0.29, 0.717) is 11.4 Å². The molecule has 1 aromatic heterocycles. The molecule has 0 aliphatic heterocycles. The molecule has 0 unspecified atom stereocenters. The van der Waals surface area contributed by atoms with Crippen LogP contribution in [0.15, 0.2) is 34.8 Å². The Hall–Kier alpha value is -1.88. The summed E-state index contributed by atoms with van der Waals surface area (Å²) in [5, 5.41) is 2.80. The summed E-state index contributed by atoms with van der Waals surface area (Å²) in [5.74, 6) is -0.364. The van der Waals surface area contributed by atoms with Crippen LogP contribution < -0.4 is 5.32 Å². The molecule has 2 rings (SSSR count). The number of rotatable bonds is 3. The summed E-state index contributed by atoms with van der Waals surface area (Å²) in [6.45, 7) is 3.36. The van der Waals surface area contributed by atoms with Crippen molar-refractivity contribution in [3.63, 3.8) is 0 Å². The third kappa shape index (κ3) is 3.12. The lowest BCUT2D eigenvalue weighted by Crippen LogP contribution is -2.13. The van der Waals surface area contributed by atoms with E-state index >= 15 is 0 Å². The van der Waals surface area contributed by atoms with Crippen molar-refractivity contribution in [1.82, 2.24) is 4.98 Å². The predicted molar refractivity (Wildman–Crippen MR) is 77.6 cm³/mol. The van der Waals surface area contributed by atoms with Crippen molar-refractivity contribution in [1.29, 1.82) is 0 Å². The smallest absolute Gasteiger partial charge is 0.272 e. The number of Topliss-reactive ketones (excluding diaryl/α,β-unsaturated/α-hetero) is 1. The Bertz CT molecular complexity index is 647. The molecule has 0 spiro atoms. The largest absolute Gasteiger partial charge is 0.348 e. The van der Waals surface area contributed by atoms with Gasteiger partial charge in [-0.25, -0.2) is 0 Å². The molecule has 1 heterocycles. The standard InChI is InChI=1S/C14H13BrN2O2/c1-8-7-10(15)3-4-11(8)17-14(19)13-6-5-12(16-13)9(2)18/h3-7,16H,1-2H3,(H,17,19). The number of aryl methyl sites for hydroxylation is 1. The highest BCUT2D eigenvalue weighted by molar-refractivity contribution is 9.10. The van der Waals surface area contributed by atoms with E-state index in [1.807, 2.05) is 25.1 Å². The molecule has 0 aliphatic rings.